The summed E-state index contributed by atoms with van der Waals surface area (Å²) in [5.41, 5.74) is 0. The Hall–Kier alpha value is -0.450. The lowest BCUT2D eigenvalue weighted by atomic mass is 9.97. The van der Waals surface area contributed by atoms with E-state index in [2.05, 4.69) is 15.1 Å². The highest BCUT2D eigenvalue weighted by atomic mass is 16.1. The van der Waals surface area contributed by atoms with Crippen molar-refractivity contribution in [1.82, 2.24) is 15.1 Å². The predicted octanol–water partition coefficient (Wildman–Crippen LogP) is 0.583. The maximum Gasteiger partial charge on any atom is 0.146 e. The van der Waals surface area contributed by atoms with E-state index in [9.17, 15) is 4.79 Å². The molecule has 4 heteroatoms. The fourth-order valence-electron chi connectivity index (χ4n) is 2.92. The molecular weight excluding hydrogens is 226 g/mol. The molecule has 2 heterocycles. The lowest BCUT2D eigenvalue weighted by Gasteiger charge is -2.37. The lowest BCUT2D eigenvalue weighted by Crippen LogP contribution is -2.49. The Bertz CT molecular complexity index is 256. The highest BCUT2D eigenvalue weighted by molar-refractivity contribution is 5.80. The molecule has 2 rings (SSSR count). The Morgan fingerprint density at radius 1 is 1.11 bits per heavy atom. The summed E-state index contributed by atoms with van der Waals surface area (Å²) >= 11 is 0. The lowest BCUT2D eigenvalue weighted by molar-refractivity contribution is -0.120. The highest BCUT2D eigenvalue weighted by Gasteiger charge is 2.21. The molecule has 0 radical (unpaired) electrons. The number of piperazine rings is 1. The first-order valence-electron chi connectivity index (χ1n) is 7.45. The zero-order chi connectivity index (χ0) is 12.8. The Morgan fingerprint density at radius 3 is 2.33 bits per heavy atom. The van der Waals surface area contributed by atoms with Gasteiger partial charge in [0.15, 0.2) is 0 Å². The van der Waals surface area contributed by atoms with Gasteiger partial charge in [0, 0.05) is 39.1 Å². The van der Waals surface area contributed by atoms with Gasteiger partial charge in [-0.15, -0.1) is 0 Å². The summed E-state index contributed by atoms with van der Waals surface area (Å²) in [7, 11) is 0. The maximum atomic E-state index is 11.4. The molecule has 0 amide bonds. The summed E-state index contributed by atoms with van der Waals surface area (Å²) in [5.74, 6) is 1.26. The van der Waals surface area contributed by atoms with Crippen LogP contribution in [0.25, 0.3) is 0 Å². The summed E-state index contributed by atoms with van der Waals surface area (Å²) in [6.45, 7) is 10.7. The summed E-state index contributed by atoms with van der Waals surface area (Å²) in [6.07, 6.45) is 3.33. The monoisotopic (exact) mass is 253 g/mol. The summed E-state index contributed by atoms with van der Waals surface area (Å²) < 4.78 is 0. The van der Waals surface area contributed by atoms with Gasteiger partial charge in [-0.1, -0.05) is 6.92 Å². The fraction of sp³-hybridized carbons (Fsp3) is 0.929. The third-order valence-corrected chi connectivity index (χ3v) is 4.23. The number of hydrogen-bond donors (Lipinski definition) is 1. The molecule has 104 valence electrons. The van der Waals surface area contributed by atoms with Crippen LogP contribution < -0.4 is 5.32 Å². The number of carbonyl (C=O) groups is 1. The molecular formula is C14H27N3O. The van der Waals surface area contributed by atoms with Crippen LogP contribution in [0, 0.1) is 5.92 Å². The van der Waals surface area contributed by atoms with Crippen LogP contribution >= 0.6 is 0 Å². The van der Waals surface area contributed by atoms with Gasteiger partial charge < -0.3 is 10.2 Å². The number of piperidine rings is 1. The molecule has 1 N–H and O–H groups in total. The average Bonchev–Trinajstić information content (AvgIpc) is 2.42. The van der Waals surface area contributed by atoms with Crippen LogP contribution in [0.4, 0.5) is 0 Å². The number of ketones is 1. The van der Waals surface area contributed by atoms with Crippen LogP contribution in [-0.2, 0) is 4.79 Å². The molecule has 18 heavy (non-hydrogen) atoms. The van der Waals surface area contributed by atoms with E-state index < -0.39 is 0 Å². The third-order valence-electron chi connectivity index (χ3n) is 4.23. The molecule has 2 aliphatic rings. The first-order chi connectivity index (χ1) is 8.78. The minimum absolute atomic E-state index is 0.377. The summed E-state index contributed by atoms with van der Waals surface area (Å²) in [4.78, 5) is 16.3. The second kappa shape index (κ2) is 7.22. The standard InChI is InChI=1S/C14H27N3O/c1-2-14(18)12-17-9-7-16(8-10-17)11-13-3-5-15-6-4-13/h13,15H,2-12H2,1H3. The Morgan fingerprint density at radius 2 is 1.72 bits per heavy atom. The van der Waals surface area contributed by atoms with E-state index in [1.165, 1.54) is 32.5 Å². The smallest absolute Gasteiger partial charge is 0.146 e. The Labute approximate surface area is 111 Å². The van der Waals surface area contributed by atoms with Crippen LogP contribution in [0.15, 0.2) is 0 Å². The van der Waals surface area contributed by atoms with E-state index in [0.717, 1.165) is 32.1 Å². The molecule has 4 nitrogen and oxygen atoms in total. The predicted molar refractivity (Wildman–Crippen MR) is 73.8 cm³/mol. The van der Waals surface area contributed by atoms with Gasteiger partial charge in [-0.2, -0.15) is 0 Å². The quantitative estimate of drug-likeness (QED) is 0.777. The molecule has 2 saturated heterocycles. The number of rotatable bonds is 5. The van der Waals surface area contributed by atoms with Gasteiger partial charge in [0.1, 0.15) is 5.78 Å². The Balaban J connectivity index is 1.65. The van der Waals surface area contributed by atoms with E-state index in [1.54, 1.807) is 0 Å². The molecule has 0 aromatic carbocycles. The molecule has 2 aliphatic heterocycles. The molecule has 0 atom stereocenters. The molecule has 0 aromatic heterocycles. The number of nitrogens with one attached hydrogen (secondary N) is 1. The van der Waals surface area contributed by atoms with Crippen LogP contribution in [0.5, 0.6) is 0 Å². The zero-order valence-electron chi connectivity index (χ0n) is 11.7. The highest BCUT2D eigenvalue weighted by Crippen LogP contribution is 2.14. The molecule has 0 bridgehead atoms. The topological polar surface area (TPSA) is 35.6 Å². The van der Waals surface area contributed by atoms with E-state index in [-0.39, 0.29) is 0 Å². The fourth-order valence-corrected chi connectivity index (χ4v) is 2.92. The van der Waals surface area contributed by atoms with Gasteiger partial charge in [-0.25, -0.2) is 0 Å². The van der Waals surface area contributed by atoms with E-state index in [1.807, 2.05) is 6.92 Å². The molecule has 2 fully saturated rings. The molecule has 0 aromatic rings. The normalized spacial score (nSPS) is 24.3. The van der Waals surface area contributed by atoms with Crippen molar-refractivity contribution in [2.75, 3.05) is 52.4 Å². The molecule has 0 unspecified atom stereocenters. The van der Waals surface area contributed by atoms with Crippen molar-refractivity contribution in [2.45, 2.75) is 26.2 Å². The van der Waals surface area contributed by atoms with Gasteiger partial charge in [0.25, 0.3) is 0 Å². The second-order valence-electron chi connectivity index (χ2n) is 5.66. The minimum Gasteiger partial charge on any atom is -0.317 e. The summed E-state index contributed by atoms with van der Waals surface area (Å²) in [6, 6.07) is 0. The van der Waals surface area contributed by atoms with Crippen LogP contribution in [0.3, 0.4) is 0 Å². The van der Waals surface area contributed by atoms with Crippen molar-refractivity contribution in [3.05, 3.63) is 0 Å². The SMILES string of the molecule is CCC(=O)CN1CCN(CC2CCNCC2)CC1. The van der Waals surface area contributed by atoms with Crippen molar-refractivity contribution in [3.63, 3.8) is 0 Å². The van der Waals surface area contributed by atoms with E-state index >= 15 is 0 Å². The first kappa shape index (κ1) is 14.0. The van der Waals surface area contributed by atoms with Crippen molar-refractivity contribution in [2.24, 2.45) is 5.92 Å². The van der Waals surface area contributed by atoms with Gasteiger partial charge in [-0.3, -0.25) is 9.69 Å². The largest absolute Gasteiger partial charge is 0.317 e. The Kier molecular flexibility index (Phi) is 5.60. The van der Waals surface area contributed by atoms with Gasteiger partial charge in [-0.05, 0) is 31.8 Å². The van der Waals surface area contributed by atoms with Crippen LogP contribution in [0.1, 0.15) is 26.2 Å². The third kappa shape index (κ3) is 4.34. The van der Waals surface area contributed by atoms with Crippen molar-refractivity contribution < 1.29 is 4.79 Å². The van der Waals surface area contributed by atoms with Crippen molar-refractivity contribution >= 4 is 5.78 Å². The molecule has 0 saturated carbocycles. The van der Waals surface area contributed by atoms with E-state index in [0.29, 0.717) is 18.7 Å². The second-order valence-corrected chi connectivity index (χ2v) is 5.66. The molecule has 0 aliphatic carbocycles. The summed E-state index contributed by atoms with van der Waals surface area (Å²) in [5, 5.41) is 3.42. The number of Topliss-reactive ketones (excluding diaryl/α,β-unsaturated/α-hetero) is 1. The minimum atomic E-state index is 0.377. The van der Waals surface area contributed by atoms with E-state index in [4.69, 9.17) is 0 Å². The van der Waals surface area contributed by atoms with Crippen LogP contribution in [-0.4, -0.2) is 67.9 Å². The first-order valence-corrected chi connectivity index (χ1v) is 7.45. The maximum absolute atomic E-state index is 11.4. The van der Waals surface area contributed by atoms with Crippen molar-refractivity contribution in [3.8, 4) is 0 Å². The number of carbonyl (C=O) groups excluding carboxylic acids is 1. The average molecular weight is 253 g/mol. The zero-order valence-corrected chi connectivity index (χ0v) is 11.7. The molecule has 0 spiro atoms. The van der Waals surface area contributed by atoms with Gasteiger partial charge >= 0.3 is 0 Å². The van der Waals surface area contributed by atoms with Gasteiger partial charge in [0.05, 0.1) is 6.54 Å². The van der Waals surface area contributed by atoms with Crippen molar-refractivity contribution in [1.29, 1.82) is 0 Å². The van der Waals surface area contributed by atoms with Gasteiger partial charge in [0.2, 0.25) is 0 Å². The van der Waals surface area contributed by atoms with Crippen LogP contribution in [0.2, 0.25) is 0 Å². The number of nitrogens with zero attached hydrogens (tertiary/aromatic N) is 2. The number of hydrogen-bond acceptors (Lipinski definition) is 4.